The lowest BCUT2D eigenvalue weighted by molar-refractivity contribution is 0.322. The molecule has 0 fully saturated rings. The summed E-state index contributed by atoms with van der Waals surface area (Å²) in [6, 6.07) is 9.22. The van der Waals surface area contributed by atoms with Crippen molar-refractivity contribution in [1.82, 2.24) is 0 Å². The fourth-order valence-corrected chi connectivity index (χ4v) is 1.63. The van der Waals surface area contributed by atoms with E-state index in [0.717, 1.165) is 16.3 Å². The zero-order valence-corrected chi connectivity index (χ0v) is 8.88. The van der Waals surface area contributed by atoms with Gasteiger partial charge >= 0.3 is 0 Å². The molecule has 2 rings (SSSR count). The highest BCUT2D eigenvalue weighted by Crippen LogP contribution is 2.25. The minimum Gasteiger partial charge on any atom is -0.491 e. The second kappa shape index (κ2) is 3.89. The van der Waals surface area contributed by atoms with Crippen molar-refractivity contribution in [2.75, 3.05) is 6.61 Å². The fourth-order valence-electron chi connectivity index (χ4n) is 1.63. The molecule has 0 aliphatic heterocycles. The molecule has 0 saturated heterocycles. The van der Waals surface area contributed by atoms with Gasteiger partial charge in [-0.3, -0.25) is 0 Å². The van der Waals surface area contributed by atoms with Gasteiger partial charge in [-0.25, -0.2) is 4.39 Å². The number of hydrogen-bond donors (Lipinski definition) is 0. The molecule has 2 aromatic rings. The second-order valence-electron chi connectivity index (χ2n) is 3.57. The molecule has 2 aromatic carbocycles. The van der Waals surface area contributed by atoms with Crippen molar-refractivity contribution in [2.45, 2.75) is 13.8 Å². The molecular weight excluding hydrogens is 191 g/mol. The quantitative estimate of drug-likeness (QED) is 0.725. The van der Waals surface area contributed by atoms with Crippen LogP contribution in [0.1, 0.15) is 12.5 Å². The molecule has 0 atom stereocenters. The second-order valence-corrected chi connectivity index (χ2v) is 3.57. The average molecular weight is 204 g/mol. The Hall–Kier alpha value is -1.57. The summed E-state index contributed by atoms with van der Waals surface area (Å²) in [6.07, 6.45) is 0. The third kappa shape index (κ3) is 1.94. The van der Waals surface area contributed by atoms with Crippen molar-refractivity contribution < 1.29 is 9.13 Å². The van der Waals surface area contributed by atoms with Crippen LogP contribution in [-0.2, 0) is 0 Å². The maximum atomic E-state index is 13.5. The van der Waals surface area contributed by atoms with Gasteiger partial charge in [0.05, 0.1) is 6.61 Å². The number of hydrogen-bond acceptors (Lipinski definition) is 1. The van der Waals surface area contributed by atoms with E-state index in [1.807, 2.05) is 32.0 Å². The van der Waals surface area contributed by atoms with Gasteiger partial charge in [-0.1, -0.05) is 23.8 Å². The zero-order valence-electron chi connectivity index (χ0n) is 8.88. The average Bonchev–Trinajstić information content (AvgIpc) is 2.20. The normalized spacial score (nSPS) is 10.6. The summed E-state index contributed by atoms with van der Waals surface area (Å²) in [7, 11) is 0. The first kappa shape index (κ1) is 9.97. The van der Waals surface area contributed by atoms with Crippen molar-refractivity contribution in [3.63, 3.8) is 0 Å². The predicted octanol–water partition coefficient (Wildman–Crippen LogP) is 3.69. The van der Waals surface area contributed by atoms with Crippen LogP contribution in [0.4, 0.5) is 4.39 Å². The van der Waals surface area contributed by atoms with Crippen LogP contribution in [0.2, 0.25) is 0 Å². The fraction of sp³-hybridized carbons (Fsp3) is 0.231. The molecule has 0 aromatic heterocycles. The molecule has 0 aliphatic carbocycles. The summed E-state index contributed by atoms with van der Waals surface area (Å²) in [5.74, 6) is 0.0313. The predicted molar refractivity (Wildman–Crippen MR) is 59.8 cm³/mol. The van der Waals surface area contributed by atoms with Gasteiger partial charge in [-0.2, -0.15) is 0 Å². The van der Waals surface area contributed by atoms with E-state index in [4.69, 9.17) is 4.74 Å². The highest BCUT2D eigenvalue weighted by Gasteiger charge is 2.05. The number of benzene rings is 2. The van der Waals surface area contributed by atoms with Gasteiger partial charge in [0.25, 0.3) is 0 Å². The van der Waals surface area contributed by atoms with Crippen molar-refractivity contribution in [1.29, 1.82) is 0 Å². The molecule has 0 saturated carbocycles. The summed E-state index contributed by atoms with van der Waals surface area (Å²) in [4.78, 5) is 0. The highest BCUT2D eigenvalue weighted by atomic mass is 19.1. The first-order chi connectivity index (χ1) is 7.20. The van der Waals surface area contributed by atoms with Gasteiger partial charge < -0.3 is 4.74 Å². The van der Waals surface area contributed by atoms with Crippen LogP contribution in [0.25, 0.3) is 10.8 Å². The van der Waals surface area contributed by atoms with E-state index in [-0.39, 0.29) is 5.82 Å². The van der Waals surface area contributed by atoms with Gasteiger partial charge in [0.15, 0.2) is 11.6 Å². The summed E-state index contributed by atoms with van der Waals surface area (Å²) in [6.45, 7) is 4.32. The van der Waals surface area contributed by atoms with Crippen LogP contribution < -0.4 is 4.74 Å². The third-order valence-electron chi connectivity index (χ3n) is 2.35. The summed E-state index contributed by atoms with van der Waals surface area (Å²) in [5.41, 5.74) is 1.13. The van der Waals surface area contributed by atoms with Gasteiger partial charge in [0, 0.05) is 0 Å². The van der Waals surface area contributed by atoms with E-state index in [1.54, 1.807) is 6.07 Å². The van der Waals surface area contributed by atoms with Gasteiger partial charge in [0.2, 0.25) is 0 Å². The largest absolute Gasteiger partial charge is 0.491 e. The number of halogens is 1. The molecule has 0 amide bonds. The Kier molecular flexibility index (Phi) is 2.58. The Morgan fingerprint density at radius 1 is 1.13 bits per heavy atom. The monoisotopic (exact) mass is 204 g/mol. The molecule has 0 unspecified atom stereocenters. The van der Waals surface area contributed by atoms with Crippen LogP contribution in [0.15, 0.2) is 30.3 Å². The maximum absolute atomic E-state index is 13.5. The highest BCUT2D eigenvalue weighted by molar-refractivity contribution is 5.84. The smallest absolute Gasteiger partial charge is 0.165 e. The Bertz CT molecular complexity index is 491. The van der Waals surface area contributed by atoms with E-state index in [1.165, 1.54) is 6.07 Å². The number of fused-ring (bicyclic) bond motifs is 1. The van der Waals surface area contributed by atoms with Crippen molar-refractivity contribution in [3.8, 4) is 5.75 Å². The molecule has 0 radical (unpaired) electrons. The molecule has 0 spiro atoms. The Morgan fingerprint density at radius 3 is 2.67 bits per heavy atom. The SMILES string of the molecule is CCOc1cc2ccc(C)cc2cc1F. The number of ether oxygens (including phenoxy) is 1. The molecule has 0 N–H and O–H groups in total. The van der Waals surface area contributed by atoms with Crippen LogP contribution in [-0.4, -0.2) is 6.61 Å². The third-order valence-corrected chi connectivity index (χ3v) is 2.35. The Labute approximate surface area is 88.5 Å². The van der Waals surface area contributed by atoms with Crippen LogP contribution >= 0.6 is 0 Å². The lowest BCUT2D eigenvalue weighted by Crippen LogP contribution is -1.94. The summed E-state index contributed by atoms with van der Waals surface area (Å²) < 4.78 is 18.7. The first-order valence-electron chi connectivity index (χ1n) is 5.03. The lowest BCUT2D eigenvalue weighted by atomic mass is 10.1. The van der Waals surface area contributed by atoms with Gasteiger partial charge in [-0.15, -0.1) is 0 Å². The standard InChI is InChI=1S/C13H13FO/c1-3-15-13-8-10-5-4-9(2)6-11(10)7-12(13)14/h4-8H,3H2,1-2H3. The molecule has 2 heteroatoms. The minimum absolute atomic E-state index is 0.296. The van der Waals surface area contributed by atoms with Crippen molar-refractivity contribution >= 4 is 10.8 Å². The summed E-state index contributed by atoms with van der Waals surface area (Å²) >= 11 is 0. The number of aryl methyl sites for hydroxylation is 1. The van der Waals surface area contributed by atoms with Crippen LogP contribution in [0, 0.1) is 12.7 Å². The topological polar surface area (TPSA) is 9.23 Å². The minimum atomic E-state index is -0.296. The van der Waals surface area contributed by atoms with E-state index < -0.39 is 0 Å². The molecule has 78 valence electrons. The van der Waals surface area contributed by atoms with Gasteiger partial charge in [-0.05, 0) is 36.8 Å². The van der Waals surface area contributed by atoms with E-state index in [9.17, 15) is 4.39 Å². The molecule has 0 heterocycles. The molecule has 0 bridgehead atoms. The van der Waals surface area contributed by atoms with E-state index >= 15 is 0 Å². The lowest BCUT2D eigenvalue weighted by Gasteiger charge is -2.06. The molecule has 15 heavy (non-hydrogen) atoms. The summed E-state index contributed by atoms with van der Waals surface area (Å²) in [5, 5.41) is 1.92. The first-order valence-corrected chi connectivity index (χ1v) is 5.03. The zero-order chi connectivity index (χ0) is 10.8. The number of rotatable bonds is 2. The Balaban J connectivity index is 2.60. The van der Waals surface area contributed by atoms with E-state index in [0.29, 0.717) is 12.4 Å². The van der Waals surface area contributed by atoms with Crippen LogP contribution in [0.3, 0.4) is 0 Å². The molecule has 1 nitrogen and oxygen atoms in total. The Morgan fingerprint density at radius 2 is 1.93 bits per heavy atom. The molecular formula is C13H13FO. The van der Waals surface area contributed by atoms with Crippen molar-refractivity contribution in [2.24, 2.45) is 0 Å². The van der Waals surface area contributed by atoms with Crippen molar-refractivity contribution in [3.05, 3.63) is 41.7 Å². The van der Waals surface area contributed by atoms with Gasteiger partial charge in [0.1, 0.15) is 0 Å². The van der Waals surface area contributed by atoms with E-state index in [2.05, 4.69) is 0 Å². The van der Waals surface area contributed by atoms with Crippen LogP contribution in [0.5, 0.6) is 5.75 Å². The maximum Gasteiger partial charge on any atom is 0.165 e. The molecule has 0 aliphatic rings.